The van der Waals surface area contributed by atoms with Gasteiger partial charge in [0.05, 0.1) is 10.9 Å². The highest BCUT2D eigenvalue weighted by Crippen LogP contribution is 2.55. The fourth-order valence-corrected chi connectivity index (χ4v) is 5.17. The molecule has 4 atom stereocenters. The number of anilines is 1. The van der Waals surface area contributed by atoms with Crippen LogP contribution in [0.15, 0.2) is 30.3 Å². The minimum atomic E-state index is -1.34. The molecule has 28 heavy (non-hydrogen) atoms. The van der Waals surface area contributed by atoms with E-state index in [4.69, 9.17) is 23.2 Å². The number of hydrogen-bond acceptors (Lipinski definition) is 4. The van der Waals surface area contributed by atoms with Crippen molar-refractivity contribution in [1.29, 1.82) is 0 Å². The van der Waals surface area contributed by atoms with Gasteiger partial charge in [0.2, 0.25) is 5.91 Å². The predicted octanol–water partition coefficient (Wildman–Crippen LogP) is 2.57. The molecular formula is C19H15Cl2FN4O2. The summed E-state index contributed by atoms with van der Waals surface area (Å²) < 4.78 is 15.1. The summed E-state index contributed by atoms with van der Waals surface area (Å²) in [6, 6.07) is 7.63. The first-order valence-corrected chi connectivity index (χ1v) is 9.67. The molecule has 144 valence electrons. The highest BCUT2D eigenvalue weighted by molar-refractivity contribution is 6.31. The molecule has 3 aliphatic heterocycles. The highest BCUT2D eigenvalue weighted by Gasteiger charge is 2.65. The zero-order chi connectivity index (χ0) is 19.6. The van der Waals surface area contributed by atoms with Crippen molar-refractivity contribution in [3.63, 3.8) is 0 Å². The van der Waals surface area contributed by atoms with Crippen LogP contribution >= 0.6 is 23.2 Å². The Morgan fingerprint density at radius 2 is 2.00 bits per heavy atom. The summed E-state index contributed by atoms with van der Waals surface area (Å²) in [5, 5.41) is 9.11. The van der Waals surface area contributed by atoms with E-state index in [1.54, 1.807) is 24.3 Å². The quantitative estimate of drug-likeness (QED) is 0.619. The molecule has 1 aromatic carbocycles. The van der Waals surface area contributed by atoms with E-state index in [1.165, 1.54) is 6.07 Å². The van der Waals surface area contributed by atoms with Gasteiger partial charge in [0.25, 0.3) is 5.91 Å². The van der Waals surface area contributed by atoms with Crippen LogP contribution in [0.3, 0.4) is 0 Å². The average molecular weight is 421 g/mol. The minimum absolute atomic E-state index is 0.0554. The van der Waals surface area contributed by atoms with Crippen LogP contribution in [0.4, 0.5) is 10.2 Å². The average Bonchev–Trinajstić information content (AvgIpc) is 3.14. The third-order valence-corrected chi connectivity index (χ3v) is 6.42. The standard InChI is InChI=1S/C19H15Cl2FN4O2/c20-10-3-1-2-8(15(10)22)14-13-11(6-7-23-17(13)27)26-19(14)9-4-5-12(21)24-16(9)25-18(19)28/h1-5,11,13-14,26H,6-7H2,(H,23,27)(H,24,25,28)/t11-,13+,14-,19+/m0/s1. The molecule has 2 fully saturated rings. The molecule has 0 unspecified atom stereocenters. The second kappa shape index (κ2) is 6.14. The Kier molecular flexibility index (Phi) is 3.91. The number of amides is 2. The van der Waals surface area contributed by atoms with Gasteiger partial charge in [-0.05, 0) is 30.2 Å². The lowest BCUT2D eigenvalue weighted by atomic mass is 9.70. The summed E-state index contributed by atoms with van der Waals surface area (Å²) in [7, 11) is 0. The van der Waals surface area contributed by atoms with Crippen LogP contribution in [0.1, 0.15) is 23.5 Å². The molecule has 2 aromatic rings. The number of fused-ring (bicyclic) bond motifs is 3. The maximum absolute atomic E-state index is 15.1. The van der Waals surface area contributed by atoms with Gasteiger partial charge in [-0.2, -0.15) is 0 Å². The molecule has 0 radical (unpaired) electrons. The van der Waals surface area contributed by atoms with Crippen LogP contribution in [0.25, 0.3) is 0 Å². The lowest BCUT2D eigenvalue weighted by Crippen LogP contribution is -2.49. The number of nitrogens with one attached hydrogen (secondary N) is 3. The number of carbonyl (C=O) groups is 2. The van der Waals surface area contributed by atoms with Crippen LogP contribution in [0, 0.1) is 11.7 Å². The Bertz CT molecular complexity index is 1030. The Balaban J connectivity index is 1.78. The summed E-state index contributed by atoms with van der Waals surface area (Å²) in [6.07, 6.45) is 0.625. The molecule has 0 aliphatic carbocycles. The van der Waals surface area contributed by atoms with Crippen LogP contribution in [-0.2, 0) is 15.1 Å². The topological polar surface area (TPSA) is 83.1 Å². The monoisotopic (exact) mass is 420 g/mol. The summed E-state index contributed by atoms with van der Waals surface area (Å²) in [5.41, 5.74) is -0.564. The summed E-state index contributed by atoms with van der Waals surface area (Å²) in [6.45, 7) is 0.487. The zero-order valence-corrected chi connectivity index (χ0v) is 15.9. The number of benzene rings is 1. The third kappa shape index (κ3) is 2.27. The van der Waals surface area contributed by atoms with Crippen molar-refractivity contribution in [3.05, 3.63) is 57.5 Å². The van der Waals surface area contributed by atoms with Crippen LogP contribution < -0.4 is 16.0 Å². The first-order valence-electron chi connectivity index (χ1n) is 8.91. The maximum atomic E-state index is 15.1. The van der Waals surface area contributed by atoms with E-state index in [-0.39, 0.29) is 33.6 Å². The lowest BCUT2D eigenvalue weighted by Gasteiger charge is -2.32. The number of rotatable bonds is 1. The van der Waals surface area contributed by atoms with Crippen LogP contribution in [0.5, 0.6) is 0 Å². The zero-order valence-electron chi connectivity index (χ0n) is 14.4. The minimum Gasteiger partial charge on any atom is -0.356 e. The SMILES string of the molecule is O=C1NCC[C@@H]2N[C@@]3(C(=O)Nc4nc(Cl)ccc43)[C@@H](c3cccc(Cl)c3F)[C@H]12. The van der Waals surface area contributed by atoms with E-state index in [9.17, 15) is 9.59 Å². The molecular weight excluding hydrogens is 406 g/mol. The van der Waals surface area contributed by atoms with Gasteiger partial charge in [-0.15, -0.1) is 0 Å². The summed E-state index contributed by atoms with van der Waals surface area (Å²) in [4.78, 5) is 30.2. The van der Waals surface area contributed by atoms with E-state index in [2.05, 4.69) is 20.9 Å². The second-order valence-corrected chi connectivity index (χ2v) is 8.06. The molecule has 0 bridgehead atoms. The molecule has 0 saturated carbocycles. The largest absolute Gasteiger partial charge is 0.356 e. The van der Waals surface area contributed by atoms with Crippen molar-refractivity contribution in [1.82, 2.24) is 15.6 Å². The molecule has 6 nitrogen and oxygen atoms in total. The Morgan fingerprint density at radius 1 is 1.18 bits per heavy atom. The molecule has 1 aromatic heterocycles. The highest BCUT2D eigenvalue weighted by atomic mass is 35.5. The van der Waals surface area contributed by atoms with E-state index in [0.717, 1.165) is 0 Å². The predicted molar refractivity (Wildman–Crippen MR) is 102 cm³/mol. The van der Waals surface area contributed by atoms with Crippen molar-refractivity contribution < 1.29 is 14.0 Å². The first kappa shape index (κ1) is 17.8. The Labute approximate surface area is 169 Å². The normalized spacial score (nSPS) is 30.8. The van der Waals surface area contributed by atoms with Gasteiger partial charge >= 0.3 is 0 Å². The molecule has 5 rings (SSSR count). The van der Waals surface area contributed by atoms with E-state index < -0.39 is 23.2 Å². The summed E-state index contributed by atoms with van der Waals surface area (Å²) in [5.74, 6) is -2.33. The van der Waals surface area contributed by atoms with Gasteiger partial charge in [-0.1, -0.05) is 35.3 Å². The second-order valence-electron chi connectivity index (χ2n) is 7.27. The molecule has 9 heteroatoms. The van der Waals surface area contributed by atoms with Crippen molar-refractivity contribution in [2.75, 3.05) is 11.9 Å². The Hall–Kier alpha value is -2.22. The molecule has 1 spiro atoms. The van der Waals surface area contributed by atoms with Gasteiger partial charge in [0.15, 0.2) is 0 Å². The molecule has 2 saturated heterocycles. The van der Waals surface area contributed by atoms with Crippen LogP contribution in [0.2, 0.25) is 10.2 Å². The fraction of sp³-hybridized carbons (Fsp3) is 0.316. The molecule has 3 aliphatic rings. The van der Waals surface area contributed by atoms with Crippen molar-refractivity contribution in [3.8, 4) is 0 Å². The fourth-order valence-electron chi connectivity index (χ4n) is 4.84. The number of aromatic nitrogens is 1. The molecule has 2 amide bonds. The number of piperidine rings is 1. The Morgan fingerprint density at radius 3 is 2.82 bits per heavy atom. The number of nitrogens with zero attached hydrogens (tertiary/aromatic N) is 1. The number of carbonyl (C=O) groups excluding carboxylic acids is 2. The smallest absolute Gasteiger partial charge is 0.251 e. The summed E-state index contributed by atoms with van der Waals surface area (Å²) >= 11 is 12.0. The van der Waals surface area contributed by atoms with E-state index in [1.807, 2.05) is 0 Å². The van der Waals surface area contributed by atoms with E-state index >= 15 is 4.39 Å². The maximum Gasteiger partial charge on any atom is 0.251 e. The van der Waals surface area contributed by atoms with E-state index in [0.29, 0.717) is 24.3 Å². The van der Waals surface area contributed by atoms with Gasteiger partial charge in [0.1, 0.15) is 22.3 Å². The third-order valence-electron chi connectivity index (χ3n) is 5.92. The lowest BCUT2D eigenvalue weighted by molar-refractivity contribution is -0.127. The molecule has 3 N–H and O–H groups in total. The number of halogens is 3. The van der Waals surface area contributed by atoms with Crippen molar-refractivity contribution in [2.24, 2.45) is 5.92 Å². The van der Waals surface area contributed by atoms with Crippen molar-refractivity contribution in [2.45, 2.75) is 23.9 Å². The van der Waals surface area contributed by atoms with Crippen LogP contribution in [-0.4, -0.2) is 29.4 Å². The van der Waals surface area contributed by atoms with Gasteiger partial charge in [-0.25, -0.2) is 9.37 Å². The van der Waals surface area contributed by atoms with Gasteiger partial charge < -0.3 is 10.6 Å². The number of pyridine rings is 1. The van der Waals surface area contributed by atoms with Crippen molar-refractivity contribution >= 4 is 40.8 Å². The first-order chi connectivity index (χ1) is 13.4. The van der Waals surface area contributed by atoms with Gasteiger partial charge in [-0.3, -0.25) is 14.9 Å². The number of hydrogen-bond donors (Lipinski definition) is 3. The molecule has 4 heterocycles. The van der Waals surface area contributed by atoms with Gasteiger partial charge in [0, 0.05) is 24.1 Å².